The molecule has 0 saturated heterocycles. The van der Waals surface area contributed by atoms with Crippen LogP contribution in [0.15, 0.2) is 0 Å². The van der Waals surface area contributed by atoms with Crippen LogP contribution in [0.1, 0.15) is 77.6 Å². The van der Waals surface area contributed by atoms with E-state index in [4.69, 9.17) is 0 Å². The smallest absolute Gasteiger partial charge is 0.239 e. The fourth-order valence-electron chi connectivity index (χ4n) is 6.88. The van der Waals surface area contributed by atoms with E-state index in [1.54, 1.807) is 0 Å². The summed E-state index contributed by atoms with van der Waals surface area (Å²) in [5.41, 5.74) is 0.257. The molecular weight excluding hydrogens is 312 g/mol. The molecule has 2 amide bonds. The van der Waals surface area contributed by atoms with Gasteiger partial charge >= 0.3 is 0 Å². The van der Waals surface area contributed by atoms with E-state index in [1.165, 1.54) is 57.8 Å². The van der Waals surface area contributed by atoms with Gasteiger partial charge in [0.25, 0.3) is 0 Å². The van der Waals surface area contributed by atoms with Gasteiger partial charge in [0, 0.05) is 12.5 Å². The number of rotatable bonds is 5. The first-order chi connectivity index (χ1) is 12.0. The highest BCUT2D eigenvalue weighted by atomic mass is 16.2. The minimum atomic E-state index is -0.0161. The molecule has 5 rings (SSSR count). The monoisotopic (exact) mass is 346 g/mol. The first kappa shape index (κ1) is 17.4. The lowest BCUT2D eigenvalue weighted by atomic mass is 9.49. The fourth-order valence-corrected chi connectivity index (χ4v) is 6.88. The van der Waals surface area contributed by atoms with E-state index in [0.717, 1.165) is 24.2 Å². The van der Waals surface area contributed by atoms with E-state index in [2.05, 4.69) is 17.6 Å². The van der Waals surface area contributed by atoms with E-state index in [0.29, 0.717) is 18.4 Å². The molecule has 4 heteroatoms. The molecule has 5 aliphatic rings. The molecule has 0 aromatic heterocycles. The Balaban J connectivity index is 1.23. The molecule has 4 bridgehead atoms. The minimum Gasteiger partial charge on any atom is -0.352 e. The van der Waals surface area contributed by atoms with Crippen molar-refractivity contribution in [3.05, 3.63) is 0 Å². The zero-order valence-electron chi connectivity index (χ0n) is 15.7. The Morgan fingerprint density at radius 3 is 2.12 bits per heavy atom. The number of carbonyl (C=O) groups excluding carboxylic acids is 2. The summed E-state index contributed by atoms with van der Waals surface area (Å²) in [6.07, 6.45) is 13.4. The molecule has 2 N–H and O–H groups in total. The quantitative estimate of drug-likeness (QED) is 0.801. The third-order valence-corrected chi connectivity index (χ3v) is 7.60. The van der Waals surface area contributed by atoms with E-state index in [1.807, 2.05) is 0 Å². The summed E-state index contributed by atoms with van der Waals surface area (Å²) in [6.45, 7) is 2.37. The molecule has 0 spiro atoms. The molecule has 0 radical (unpaired) electrons. The van der Waals surface area contributed by atoms with Crippen molar-refractivity contribution in [3.63, 3.8) is 0 Å². The zero-order valence-corrected chi connectivity index (χ0v) is 15.7. The summed E-state index contributed by atoms with van der Waals surface area (Å²) in [6, 6.07) is 0.293. The minimum absolute atomic E-state index is 0.0161. The average molecular weight is 347 g/mol. The largest absolute Gasteiger partial charge is 0.352 e. The van der Waals surface area contributed by atoms with Gasteiger partial charge in [0.05, 0.1) is 6.54 Å². The van der Waals surface area contributed by atoms with E-state index >= 15 is 0 Å². The second kappa shape index (κ2) is 6.92. The van der Waals surface area contributed by atoms with Crippen LogP contribution in [0, 0.1) is 29.1 Å². The van der Waals surface area contributed by atoms with Crippen LogP contribution in [0.3, 0.4) is 0 Å². The summed E-state index contributed by atoms with van der Waals surface area (Å²) in [7, 11) is 0. The fraction of sp³-hybridized carbons (Fsp3) is 0.905. The molecule has 140 valence electrons. The molecular formula is C21H34N2O2. The van der Waals surface area contributed by atoms with Crippen molar-refractivity contribution in [3.8, 4) is 0 Å². The molecule has 2 atom stereocenters. The molecule has 5 saturated carbocycles. The van der Waals surface area contributed by atoms with Crippen LogP contribution in [-0.2, 0) is 9.59 Å². The van der Waals surface area contributed by atoms with Crippen LogP contribution in [0.25, 0.3) is 0 Å². The van der Waals surface area contributed by atoms with Crippen molar-refractivity contribution in [1.29, 1.82) is 0 Å². The second-order valence-electron chi connectivity index (χ2n) is 9.81. The molecule has 0 aromatic rings. The molecule has 5 aliphatic carbocycles. The Labute approximate surface area is 151 Å². The van der Waals surface area contributed by atoms with Gasteiger partial charge in [-0.2, -0.15) is 0 Å². The van der Waals surface area contributed by atoms with Crippen LogP contribution < -0.4 is 10.6 Å². The summed E-state index contributed by atoms with van der Waals surface area (Å²) >= 11 is 0. The SMILES string of the molecule is C[C@@H]1CCCC[C@@H]1NC(=O)CNC(=O)CC12CC3CC(CC(C3)C1)C2. The summed E-state index contributed by atoms with van der Waals surface area (Å²) < 4.78 is 0. The molecule has 0 unspecified atom stereocenters. The summed E-state index contributed by atoms with van der Waals surface area (Å²) in [5, 5.41) is 6.04. The topological polar surface area (TPSA) is 58.2 Å². The first-order valence-electron chi connectivity index (χ1n) is 10.6. The molecule has 0 aromatic carbocycles. The normalized spacial score (nSPS) is 42.2. The Morgan fingerprint density at radius 1 is 0.920 bits per heavy atom. The Bertz CT molecular complexity index is 495. The predicted molar refractivity (Wildman–Crippen MR) is 97.8 cm³/mol. The lowest BCUT2D eigenvalue weighted by molar-refractivity contribution is -0.132. The highest BCUT2D eigenvalue weighted by molar-refractivity contribution is 5.85. The molecule has 25 heavy (non-hydrogen) atoms. The van der Waals surface area contributed by atoms with Crippen molar-refractivity contribution >= 4 is 11.8 Å². The average Bonchev–Trinajstić information content (AvgIpc) is 2.53. The van der Waals surface area contributed by atoms with Crippen LogP contribution in [0.2, 0.25) is 0 Å². The lowest BCUT2D eigenvalue weighted by Gasteiger charge is -2.56. The van der Waals surface area contributed by atoms with E-state index in [-0.39, 0.29) is 23.8 Å². The Morgan fingerprint density at radius 2 is 1.52 bits per heavy atom. The third kappa shape index (κ3) is 3.88. The van der Waals surface area contributed by atoms with Crippen molar-refractivity contribution in [2.45, 2.75) is 83.6 Å². The van der Waals surface area contributed by atoms with E-state index in [9.17, 15) is 9.59 Å². The summed E-state index contributed by atoms with van der Waals surface area (Å²) in [4.78, 5) is 24.7. The highest BCUT2D eigenvalue weighted by Gasteiger charge is 2.51. The maximum atomic E-state index is 12.5. The number of carbonyl (C=O) groups is 2. The van der Waals surface area contributed by atoms with Gasteiger partial charge in [0.1, 0.15) is 0 Å². The molecule has 4 nitrogen and oxygen atoms in total. The van der Waals surface area contributed by atoms with Crippen LogP contribution in [0.5, 0.6) is 0 Å². The number of hydrogen-bond acceptors (Lipinski definition) is 2. The van der Waals surface area contributed by atoms with Gasteiger partial charge in [0.2, 0.25) is 11.8 Å². The molecule has 0 heterocycles. The van der Waals surface area contributed by atoms with Gasteiger partial charge in [-0.15, -0.1) is 0 Å². The van der Waals surface area contributed by atoms with Crippen molar-refractivity contribution in [2.24, 2.45) is 29.1 Å². The van der Waals surface area contributed by atoms with Gasteiger partial charge in [-0.3, -0.25) is 9.59 Å². The number of amides is 2. The van der Waals surface area contributed by atoms with Crippen molar-refractivity contribution in [2.75, 3.05) is 6.54 Å². The van der Waals surface area contributed by atoms with Gasteiger partial charge in [-0.1, -0.05) is 19.8 Å². The summed E-state index contributed by atoms with van der Waals surface area (Å²) in [5.74, 6) is 3.24. The highest BCUT2D eigenvalue weighted by Crippen LogP contribution is 2.61. The maximum Gasteiger partial charge on any atom is 0.239 e. The van der Waals surface area contributed by atoms with E-state index < -0.39 is 0 Å². The van der Waals surface area contributed by atoms with Crippen molar-refractivity contribution in [1.82, 2.24) is 10.6 Å². The van der Waals surface area contributed by atoms with Gasteiger partial charge in [-0.25, -0.2) is 0 Å². The maximum absolute atomic E-state index is 12.5. The predicted octanol–water partition coefficient (Wildman–Crippen LogP) is 3.40. The molecule has 0 aliphatic heterocycles. The van der Waals surface area contributed by atoms with Gasteiger partial charge in [-0.05, 0) is 80.5 Å². The first-order valence-corrected chi connectivity index (χ1v) is 10.6. The molecule has 5 fully saturated rings. The lowest BCUT2D eigenvalue weighted by Crippen LogP contribution is -2.49. The van der Waals surface area contributed by atoms with Crippen molar-refractivity contribution < 1.29 is 9.59 Å². The van der Waals surface area contributed by atoms with Crippen LogP contribution in [-0.4, -0.2) is 24.4 Å². The zero-order chi connectivity index (χ0) is 17.4. The second-order valence-corrected chi connectivity index (χ2v) is 9.81. The number of nitrogens with one attached hydrogen (secondary N) is 2. The van der Waals surface area contributed by atoms with Gasteiger partial charge < -0.3 is 10.6 Å². The van der Waals surface area contributed by atoms with Gasteiger partial charge in [0.15, 0.2) is 0 Å². The standard InChI is InChI=1S/C21H34N2O2/c1-14-4-2-3-5-18(14)23-20(25)13-22-19(24)12-21-9-15-6-16(10-21)8-17(7-15)11-21/h14-18H,2-13H2,1H3,(H,22,24)(H,23,25)/t14-,15?,16?,17?,18+,21?/m1/s1. The third-order valence-electron chi connectivity index (χ3n) is 7.60. The number of hydrogen-bond donors (Lipinski definition) is 2. The van der Waals surface area contributed by atoms with Crippen LogP contribution in [0.4, 0.5) is 0 Å². The van der Waals surface area contributed by atoms with Crippen LogP contribution >= 0.6 is 0 Å². The Kier molecular flexibility index (Phi) is 4.81. The Hall–Kier alpha value is -1.06.